The molecule has 3 heteroatoms. The zero-order valence-electron chi connectivity index (χ0n) is 9.96. The molecule has 0 aromatic rings. The average Bonchev–Trinajstić information content (AvgIpc) is 1.99. The normalized spacial score (nSPS) is 24.0. The molecule has 2 nitrogen and oxygen atoms in total. The summed E-state index contributed by atoms with van der Waals surface area (Å²) in [5.41, 5.74) is 0. The molecule has 0 amide bonds. The molecule has 0 N–H and O–H groups in total. The molecule has 1 aliphatic heterocycles. The minimum absolute atomic E-state index is 0.760. The van der Waals surface area contributed by atoms with Crippen molar-refractivity contribution in [1.29, 1.82) is 0 Å². The van der Waals surface area contributed by atoms with Crippen LogP contribution in [0.5, 0.6) is 0 Å². The third-order valence-corrected chi connectivity index (χ3v) is 18.1. The number of hydrogen-bond acceptors (Lipinski definition) is 2. The molecule has 78 valence electrons. The van der Waals surface area contributed by atoms with Crippen LogP contribution in [0.3, 0.4) is 0 Å². The summed E-state index contributed by atoms with van der Waals surface area (Å²) < 4.78 is 6.99. The van der Waals surface area contributed by atoms with Gasteiger partial charge >= 0.3 is 87.9 Å². The molecule has 1 saturated heterocycles. The average molecular weight is 291 g/mol. The molecule has 0 aromatic carbocycles. The van der Waals surface area contributed by atoms with E-state index < -0.39 is 18.9 Å². The Balaban J connectivity index is 2.69. The molecule has 0 aromatic heterocycles. The van der Waals surface area contributed by atoms with Gasteiger partial charge in [0.25, 0.3) is 0 Å². The van der Waals surface area contributed by atoms with Crippen LogP contribution in [0.2, 0.25) is 9.38 Å². The van der Waals surface area contributed by atoms with Crippen molar-refractivity contribution in [2.75, 3.05) is 6.67 Å². The van der Waals surface area contributed by atoms with Crippen molar-refractivity contribution >= 4 is 18.9 Å². The van der Waals surface area contributed by atoms with Crippen LogP contribution in [0, 0.1) is 0 Å². The van der Waals surface area contributed by atoms with Crippen molar-refractivity contribution in [2.24, 2.45) is 0 Å². The summed E-state index contributed by atoms with van der Waals surface area (Å²) in [6.07, 6.45) is 0. The summed E-state index contributed by atoms with van der Waals surface area (Å²) in [4.78, 5) is 2.57. The van der Waals surface area contributed by atoms with Gasteiger partial charge in [0.05, 0.1) is 0 Å². The molecule has 0 radical (unpaired) electrons. The molecular weight excluding hydrogens is 267 g/mol. The second kappa shape index (κ2) is 4.07. The van der Waals surface area contributed by atoms with E-state index in [1.165, 1.54) is 11.1 Å². The van der Waals surface area contributed by atoms with Gasteiger partial charge in [0.1, 0.15) is 0 Å². The third-order valence-electron chi connectivity index (χ3n) is 3.46. The predicted octanol–water partition coefficient (Wildman–Crippen LogP) is 2.47. The standard InChI is InChI=1S/C7H16N2.C2H5.CH3.Sn/c1-6(2)8-5-9-7(3)4;1-2;;/h6-7H,5H2,1-4H3;1H2,2H3;1H3;/q-2;;;+2. The molecule has 0 saturated carbocycles. The first-order chi connectivity index (χ1) is 5.93. The minimum atomic E-state index is -1.96. The Morgan fingerprint density at radius 2 is 1.46 bits per heavy atom. The van der Waals surface area contributed by atoms with Gasteiger partial charge < -0.3 is 0 Å². The van der Waals surface area contributed by atoms with Crippen LogP contribution in [0.4, 0.5) is 0 Å². The predicted molar refractivity (Wildman–Crippen MR) is 60.9 cm³/mol. The van der Waals surface area contributed by atoms with E-state index in [-0.39, 0.29) is 0 Å². The summed E-state index contributed by atoms with van der Waals surface area (Å²) in [5.74, 6) is 0. The van der Waals surface area contributed by atoms with Crippen molar-refractivity contribution in [3.8, 4) is 0 Å². The van der Waals surface area contributed by atoms with Crippen LogP contribution >= 0.6 is 0 Å². The molecule has 13 heavy (non-hydrogen) atoms. The van der Waals surface area contributed by atoms with Gasteiger partial charge in [0, 0.05) is 0 Å². The van der Waals surface area contributed by atoms with E-state index in [2.05, 4.69) is 45.8 Å². The fourth-order valence-electron chi connectivity index (χ4n) is 2.40. The van der Waals surface area contributed by atoms with E-state index in [4.69, 9.17) is 0 Å². The maximum absolute atomic E-state index is 2.79. The molecule has 0 unspecified atom stereocenters. The molecule has 0 bridgehead atoms. The summed E-state index contributed by atoms with van der Waals surface area (Å²) in [6.45, 7) is 13.0. The number of hydrogen-bond donors (Lipinski definition) is 0. The second-order valence-electron chi connectivity index (χ2n) is 4.84. The van der Waals surface area contributed by atoms with Gasteiger partial charge in [-0.25, -0.2) is 0 Å². The van der Waals surface area contributed by atoms with E-state index in [1.54, 1.807) is 0 Å². The Labute approximate surface area is 87.9 Å². The van der Waals surface area contributed by atoms with Crippen LogP contribution < -0.4 is 0 Å². The maximum atomic E-state index is 2.79. The molecule has 1 heterocycles. The summed E-state index contributed by atoms with van der Waals surface area (Å²) >= 11 is -1.96. The van der Waals surface area contributed by atoms with Gasteiger partial charge in [-0.3, -0.25) is 0 Å². The van der Waals surface area contributed by atoms with E-state index in [9.17, 15) is 0 Å². The molecule has 1 fully saturated rings. The van der Waals surface area contributed by atoms with Crippen LogP contribution in [0.25, 0.3) is 0 Å². The topological polar surface area (TPSA) is 6.48 Å². The van der Waals surface area contributed by atoms with E-state index >= 15 is 0 Å². The van der Waals surface area contributed by atoms with Gasteiger partial charge in [0.2, 0.25) is 0 Å². The molecule has 1 aliphatic rings. The van der Waals surface area contributed by atoms with Gasteiger partial charge in [-0.15, -0.1) is 0 Å². The monoisotopic (exact) mass is 292 g/mol. The van der Waals surface area contributed by atoms with Crippen molar-refractivity contribution < 1.29 is 0 Å². The Morgan fingerprint density at radius 1 is 1.08 bits per heavy atom. The Bertz CT molecular complexity index is 166. The zero-order chi connectivity index (χ0) is 10.2. The third kappa shape index (κ3) is 1.90. The first kappa shape index (κ1) is 11.8. The number of nitrogens with zero attached hydrogens (tertiary/aromatic N) is 2. The van der Waals surface area contributed by atoms with Gasteiger partial charge in [-0.1, -0.05) is 0 Å². The molecule has 0 aliphatic carbocycles. The van der Waals surface area contributed by atoms with E-state index in [0.717, 1.165) is 12.1 Å². The molecule has 0 atom stereocenters. The van der Waals surface area contributed by atoms with Gasteiger partial charge in [0.15, 0.2) is 0 Å². The van der Waals surface area contributed by atoms with Crippen molar-refractivity contribution in [2.45, 2.75) is 56.1 Å². The van der Waals surface area contributed by atoms with Crippen LogP contribution in [0.15, 0.2) is 0 Å². The summed E-state index contributed by atoms with van der Waals surface area (Å²) in [6, 6.07) is 1.52. The van der Waals surface area contributed by atoms with Gasteiger partial charge in [-0.2, -0.15) is 0 Å². The van der Waals surface area contributed by atoms with Crippen LogP contribution in [0.1, 0.15) is 34.6 Å². The van der Waals surface area contributed by atoms with Crippen molar-refractivity contribution in [3.05, 3.63) is 0 Å². The van der Waals surface area contributed by atoms with Crippen molar-refractivity contribution in [3.63, 3.8) is 0 Å². The van der Waals surface area contributed by atoms with E-state index in [0.29, 0.717) is 0 Å². The summed E-state index contributed by atoms with van der Waals surface area (Å²) in [7, 11) is 0. The van der Waals surface area contributed by atoms with E-state index in [1.807, 2.05) is 0 Å². The SMILES string of the molecule is C[CH2][Sn]1([CH3])[N](C(C)C)C[N]1C(C)C. The van der Waals surface area contributed by atoms with Crippen LogP contribution in [-0.2, 0) is 0 Å². The van der Waals surface area contributed by atoms with Crippen molar-refractivity contribution in [1.82, 2.24) is 6.24 Å². The Kier molecular flexibility index (Phi) is 3.69. The summed E-state index contributed by atoms with van der Waals surface area (Å²) in [5, 5.41) is 0. The Morgan fingerprint density at radius 3 is 1.69 bits per heavy atom. The fraction of sp³-hybridized carbons (Fsp3) is 1.00. The zero-order valence-corrected chi connectivity index (χ0v) is 12.8. The molecule has 0 spiro atoms. The first-order valence-electron chi connectivity index (χ1n) is 5.47. The first-order valence-corrected chi connectivity index (χ1v) is 12.9. The molecule has 1 rings (SSSR count). The fourth-order valence-corrected chi connectivity index (χ4v) is 14.0. The van der Waals surface area contributed by atoms with Crippen LogP contribution in [-0.4, -0.2) is 43.9 Å². The Hall–Kier alpha value is 0.719. The second-order valence-corrected chi connectivity index (χ2v) is 17.1. The quantitative estimate of drug-likeness (QED) is 0.737. The molecular formula is C10H24N2Sn. The number of rotatable bonds is 3. The van der Waals surface area contributed by atoms with Gasteiger partial charge in [-0.05, 0) is 0 Å².